The summed E-state index contributed by atoms with van der Waals surface area (Å²) >= 11 is 2.17. The predicted molar refractivity (Wildman–Crippen MR) is 63.3 cm³/mol. The summed E-state index contributed by atoms with van der Waals surface area (Å²) in [5.41, 5.74) is 1.19. The van der Waals surface area contributed by atoms with Gasteiger partial charge in [0, 0.05) is 13.5 Å². The molecule has 1 amide bonds. The highest BCUT2D eigenvalue weighted by molar-refractivity contribution is 14.1. The number of aromatic nitrogens is 1. The van der Waals surface area contributed by atoms with Crippen molar-refractivity contribution >= 4 is 34.3 Å². The fourth-order valence-electron chi connectivity index (χ4n) is 1.72. The zero-order valence-electron chi connectivity index (χ0n) is 7.96. The average Bonchev–Trinajstić information content (AvgIpc) is 2.16. The van der Waals surface area contributed by atoms with Crippen LogP contribution in [0.5, 0.6) is 0 Å². The lowest BCUT2D eigenvalue weighted by atomic mass is 10.1. The minimum atomic E-state index is 0.0838. The molecule has 0 saturated carbocycles. The Morgan fingerprint density at radius 3 is 3.07 bits per heavy atom. The minimum Gasteiger partial charge on any atom is -0.297 e. The molecule has 0 bridgehead atoms. The summed E-state index contributed by atoms with van der Waals surface area (Å²) in [6.07, 6.45) is 2.07. The van der Waals surface area contributed by atoms with Crippen molar-refractivity contribution in [2.75, 3.05) is 11.4 Å². The summed E-state index contributed by atoms with van der Waals surface area (Å²) in [6, 6.07) is 4.06. The first-order chi connectivity index (χ1) is 6.68. The third kappa shape index (κ3) is 1.75. The number of carbonyl (C=O) groups excluding carboxylic acids is 1. The van der Waals surface area contributed by atoms with Gasteiger partial charge in [0.25, 0.3) is 0 Å². The van der Waals surface area contributed by atoms with Crippen molar-refractivity contribution in [1.29, 1.82) is 0 Å². The van der Waals surface area contributed by atoms with Gasteiger partial charge >= 0.3 is 0 Å². The number of fused-ring (bicyclic) bond motifs is 1. The van der Waals surface area contributed by atoms with E-state index in [1.165, 1.54) is 5.56 Å². The van der Waals surface area contributed by atoms with Gasteiger partial charge < -0.3 is 0 Å². The van der Waals surface area contributed by atoms with Crippen LogP contribution in [-0.2, 0) is 11.2 Å². The maximum atomic E-state index is 11.4. The highest BCUT2D eigenvalue weighted by Gasteiger charge is 2.21. The molecular formula is C10H11IN2O. The highest BCUT2D eigenvalue weighted by atomic mass is 127. The van der Waals surface area contributed by atoms with Crippen molar-refractivity contribution in [1.82, 2.24) is 4.98 Å². The maximum Gasteiger partial charge on any atom is 0.225 e. The Labute approximate surface area is 96.7 Å². The number of hydrogen-bond acceptors (Lipinski definition) is 2. The molecule has 0 fully saturated rings. The average molecular weight is 302 g/mol. The van der Waals surface area contributed by atoms with E-state index < -0.39 is 0 Å². The van der Waals surface area contributed by atoms with Crippen LogP contribution in [0.4, 0.5) is 5.82 Å². The highest BCUT2D eigenvalue weighted by Crippen LogP contribution is 2.25. The number of pyridine rings is 1. The number of anilines is 1. The second kappa shape index (κ2) is 3.84. The van der Waals surface area contributed by atoms with E-state index in [9.17, 15) is 4.79 Å². The summed E-state index contributed by atoms with van der Waals surface area (Å²) in [4.78, 5) is 17.5. The van der Waals surface area contributed by atoms with Crippen molar-refractivity contribution in [3.63, 3.8) is 0 Å². The molecule has 1 aliphatic rings. The molecular weight excluding hydrogens is 291 g/mol. The van der Waals surface area contributed by atoms with E-state index >= 15 is 0 Å². The molecule has 0 spiro atoms. The molecule has 1 aromatic heterocycles. The first-order valence-corrected chi connectivity index (χ1v) is 5.70. The summed E-state index contributed by atoms with van der Waals surface area (Å²) in [5.74, 6) is 0.941. The quantitative estimate of drug-likeness (QED) is 0.542. The molecule has 14 heavy (non-hydrogen) atoms. The molecule has 0 N–H and O–H groups in total. The van der Waals surface area contributed by atoms with E-state index in [4.69, 9.17) is 0 Å². The SMILES string of the molecule is CC(=O)N1CCCc2ccc(I)nc21. The first-order valence-electron chi connectivity index (χ1n) is 4.62. The molecule has 0 unspecified atom stereocenters. The summed E-state index contributed by atoms with van der Waals surface area (Å²) in [6.45, 7) is 2.39. The minimum absolute atomic E-state index is 0.0838. The standard InChI is InChI=1S/C10H11IN2O/c1-7(14)13-6-2-3-8-4-5-9(11)12-10(8)13/h4-5H,2-3,6H2,1H3. The number of carbonyl (C=O) groups is 1. The van der Waals surface area contributed by atoms with Crippen LogP contribution in [0.15, 0.2) is 12.1 Å². The van der Waals surface area contributed by atoms with E-state index in [1.54, 1.807) is 11.8 Å². The number of hydrogen-bond donors (Lipinski definition) is 0. The first kappa shape index (κ1) is 9.89. The molecule has 1 aliphatic heterocycles. The van der Waals surface area contributed by atoms with Crippen LogP contribution in [0, 0.1) is 3.70 Å². The van der Waals surface area contributed by atoms with Gasteiger partial charge in [0.15, 0.2) is 0 Å². The Hall–Kier alpha value is -0.650. The van der Waals surface area contributed by atoms with Gasteiger partial charge in [-0.2, -0.15) is 0 Å². The van der Waals surface area contributed by atoms with Gasteiger partial charge in [-0.1, -0.05) is 6.07 Å². The van der Waals surface area contributed by atoms with Crippen LogP contribution in [-0.4, -0.2) is 17.4 Å². The molecule has 0 saturated heterocycles. The van der Waals surface area contributed by atoms with Crippen molar-refractivity contribution in [2.24, 2.45) is 0 Å². The van der Waals surface area contributed by atoms with Crippen LogP contribution in [0.25, 0.3) is 0 Å². The van der Waals surface area contributed by atoms with E-state index in [1.807, 2.05) is 6.07 Å². The maximum absolute atomic E-state index is 11.4. The second-order valence-corrected chi connectivity index (χ2v) is 4.50. The second-order valence-electron chi connectivity index (χ2n) is 3.39. The summed E-state index contributed by atoms with van der Waals surface area (Å²) in [7, 11) is 0. The third-order valence-electron chi connectivity index (χ3n) is 2.39. The van der Waals surface area contributed by atoms with Gasteiger partial charge in [-0.25, -0.2) is 4.98 Å². The molecule has 0 aliphatic carbocycles. The lowest BCUT2D eigenvalue weighted by Crippen LogP contribution is -2.34. The number of amides is 1. The summed E-state index contributed by atoms with van der Waals surface area (Å²) in [5, 5.41) is 0. The molecule has 4 heteroatoms. The number of aryl methyl sites for hydroxylation is 1. The zero-order chi connectivity index (χ0) is 10.1. The molecule has 1 aromatic rings. The molecule has 0 atom stereocenters. The largest absolute Gasteiger partial charge is 0.297 e. The van der Waals surface area contributed by atoms with E-state index in [0.29, 0.717) is 0 Å². The van der Waals surface area contributed by atoms with Crippen LogP contribution in [0.2, 0.25) is 0 Å². The Kier molecular flexibility index (Phi) is 2.71. The van der Waals surface area contributed by atoms with Crippen molar-refractivity contribution in [3.05, 3.63) is 21.4 Å². The Morgan fingerprint density at radius 2 is 2.36 bits per heavy atom. The molecule has 3 nitrogen and oxygen atoms in total. The molecule has 2 heterocycles. The van der Waals surface area contributed by atoms with E-state index in [0.717, 1.165) is 28.9 Å². The van der Waals surface area contributed by atoms with Gasteiger partial charge in [-0.15, -0.1) is 0 Å². The molecule has 74 valence electrons. The van der Waals surface area contributed by atoms with Crippen molar-refractivity contribution in [2.45, 2.75) is 19.8 Å². The van der Waals surface area contributed by atoms with Gasteiger partial charge in [0.1, 0.15) is 9.52 Å². The fourth-order valence-corrected chi connectivity index (χ4v) is 2.13. The number of nitrogens with zero attached hydrogens (tertiary/aromatic N) is 2. The fraction of sp³-hybridized carbons (Fsp3) is 0.400. The van der Waals surface area contributed by atoms with Gasteiger partial charge in [-0.05, 0) is 47.1 Å². The van der Waals surface area contributed by atoms with Gasteiger partial charge in [0.2, 0.25) is 5.91 Å². The van der Waals surface area contributed by atoms with E-state index in [2.05, 4.69) is 33.6 Å². The number of rotatable bonds is 0. The Morgan fingerprint density at radius 1 is 1.57 bits per heavy atom. The lowest BCUT2D eigenvalue weighted by molar-refractivity contribution is -0.116. The van der Waals surface area contributed by atoms with Gasteiger partial charge in [0.05, 0.1) is 0 Å². The van der Waals surface area contributed by atoms with Crippen LogP contribution in [0.3, 0.4) is 0 Å². The molecule has 0 radical (unpaired) electrons. The molecule has 2 rings (SSSR count). The number of halogens is 1. The Balaban J connectivity index is 2.46. The van der Waals surface area contributed by atoms with Crippen LogP contribution >= 0.6 is 22.6 Å². The summed E-state index contributed by atoms with van der Waals surface area (Å²) < 4.78 is 0.939. The third-order valence-corrected chi connectivity index (χ3v) is 2.99. The van der Waals surface area contributed by atoms with Crippen LogP contribution < -0.4 is 4.90 Å². The topological polar surface area (TPSA) is 33.2 Å². The van der Waals surface area contributed by atoms with Crippen molar-refractivity contribution < 1.29 is 4.79 Å². The van der Waals surface area contributed by atoms with Gasteiger partial charge in [-0.3, -0.25) is 9.69 Å². The zero-order valence-corrected chi connectivity index (χ0v) is 10.1. The van der Waals surface area contributed by atoms with Crippen molar-refractivity contribution in [3.8, 4) is 0 Å². The lowest BCUT2D eigenvalue weighted by Gasteiger charge is -2.27. The Bertz CT molecular complexity index is 378. The van der Waals surface area contributed by atoms with Crippen LogP contribution in [0.1, 0.15) is 18.9 Å². The monoisotopic (exact) mass is 302 g/mol. The molecule has 0 aromatic carbocycles. The predicted octanol–water partition coefficient (Wildman–Crippen LogP) is 1.99. The normalized spacial score (nSPS) is 15.1. The smallest absolute Gasteiger partial charge is 0.225 e. The van der Waals surface area contributed by atoms with E-state index in [-0.39, 0.29) is 5.91 Å².